The first-order chi connectivity index (χ1) is 15.9. The third-order valence-electron chi connectivity index (χ3n) is 6.63. The van der Waals surface area contributed by atoms with Gasteiger partial charge >= 0.3 is 0 Å². The van der Waals surface area contributed by atoms with Crippen LogP contribution in [0.15, 0.2) is 42.6 Å². The number of hydrogen-bond donors (Lipinski definition) is 0. The highest BCUT2D eigenvalue weighted by Gasteiger charge is 2.30. The van der Waals surface area contributed by atoms with Gasteiger partial charge in [-0.05, 0) is 56.9 Å². The fourth-order valence-corrected chi connectivity index (χ4v) is 4.66. The zero-order chi connectivity index (χ0) is 23.4. The van der Waals surface area contributed by atoms with E-state index in [-0.39, 0.29) is 17.8 Å². The minimum atomic E-state index is -0.214. The predicted molar refractivity (Wildman–Crippen MR) is 130 cm³/mol. The first-order valence-corrected chi connectivity index (χ1v) is 11.8. The molecule has 2 fully saturated rings. The number of pyridine rings is 1. The highest BCUT2D eigenvalue weighted by atomic mass is 19.1. The second-order valence-corrected chi connectivity index (χ2v) is 9.25. The fraction of sp³-hybridized carbons (Fsp3) is 0.520. The van der Waals surface area contributed by atoms with Crippen LogP contribution in [0.4, 0.5) is 15.9 Å². The average Bonchev–Trinajstić information content (AvgIpc) is 2.84. The van der Waals surface area contributed by atoms with Crippen LogP contribution in [-0.2, 0) is 11.3 Å². The molecule has 0 spiro atoms. The van der Waals surface area contributed by atoms with Gasteiger partial charge in [-0.25, -0.2) is 9.37 Å². The van der Waals surface area contributed by atoms with Crippen LogP contribution < -0.4 is 9.80 Å². The van der Waals surface area contributed by atoms with Gasteiger partial charge < -0.3 is 19.6 Å². The molecule has 1 aromatic heterocycles. The molecule has 1 amide bonds. The third-order valence-corrected chi connectivity index (χ3v) is 6.63. The quantitative estimate of drug-likeness (QED) is 0.667. The molecule has 0 N–H and O–H groups in total. The molecule has 0 saturated carbocycles. The minimum absolute atomic E-state index is 0.129. The Morgan fingerprint density at radius 3 is 2.15 bits per heavy atom. The maximum atomic E-state index is 13.2. The van der Waals surface area contributed by atoms with Gasteiger partial charge in [0.05, 0.1) is 6.04 Å². The Bertz CT molecular complexity index is 903. The Balaban J connectivity index is 1.25. The SMILES string of the molecule is CC(C(=O)N1CCN(c2ccc(CN(C)C)cn2)CC1)N1CCN(c2ccc(F)cc2)CC1. The molecule has 0 aliphatic carbocycles. The number of rotatable bonds is 6. The van der Waals surface area contributed by atoms with Crippen molar-refractivity contribution >= 4 is 17.4 Å². The lowest BCUT2D eigenvalue weighted by Gasteiger charge is -2.41. The Kier molecular flexibility index (Phi) is 7.45. The molecule has 4 rings (SSSR count). The molecule has 8 heteroatoms. The van der Waals surface area contributed by atoms with E-state index in [1.54, 1.807) is 0 Å². The summed E-state index contributed by atoms with van der Waals surface area (Å²) in [6.07, 6.45) is 1.94. The summed E-state index contributed by atoms with van der Waals surface area (Å²) in [7, 11) is 4.10. The molecule has 7 nitrogen and oxygen atoms in total. The van der Waals surface area contributed by atoms with Crippen LogP contribution in [0, 0.1) is 5.82 Å². The number of carbonyl (C=O) groups excluding carboxylic acids is 1. The monoisotopic (exact) mass is 454 g/mol. The minimum Gasteiger partial charge on any atom is -0.369 e. The summed E-state index contributed by atoms with van der Waals surface area (Å²) >= 11 is 0. The average molecular weight is 455 g/mol. The van der Waals surface area contributed by atoms with E-state index in [0.717, 1.165) is 70.4 Å². The molecular weight excluding hydrogens is 419 g/mol. The number of benzene rings is 1. The molecule has 1 unspecified atom stereocenters. The molecule has 3 heterocycles. The fourth-order valence-electron chi connectivity index (χ4n) is 4.66. The topological polar surface area (TPSA) is 46.2 Å². The van der Waals surface area contributed by atoms with E-state index in [0.29, 0.717) is 0 Å². The molecule has 1 aromatic carbocycles. The van der Waals surface area contributed by atoms with Gasteiger partial charge in [0, 0.05) is 70.8 Å². The van der Waals surface area contributed by atoms with Gasteiger partial charge in [0.2, 0.25) is 5.91 Å². The van der Waals surface area contributed by atoms with E-state index in [9.17, 15) is 9.18 Å². The van der Waals surface area contributed by atoms with Crippen molar-refractivity contribution in [2.45, 2.75) is 19.5 Å². The van der Waals surface area contributed by atoms with Crippen molar-refractivity contribution in [2.75, 3.05) is 76.3 Å². The van der Waals surface area contributed by atoms with Gasteiger partial charge in [-0.2, -0.15) is 0 Å². The lowest BCUT2D eigenvalue weighted by Crippen LogP contribution is -2.57. The van der Waals surface area contributed by atoms with Crippen LogP contribution in [0.5, 0.6) is 0 Å². The van der Waals surface area contributed by atoms with Crippen molar-refractivity contribution in [3.63, 3.8) is 0 Å². The molecule has 33 heavy (non-hydrogen) atoms. The van der Waals surface area contributed by atoms with Crippen molar-refractivity contribution in [2.24, 2.45) is 0 Å². The lowest BCUT2D eigenvalue weighted by atomic mass is 10.1. The number of amides is 1. The van der Waals surface area contributed by atoms with E-state index >= 15 is 0 Å². The van der Waals surface area contributed by atoms with E-state index in [1.807, 2.05) is 30.2 Å². The van der Waals surface area contributed by atoms with Gasteiger partial charge in [-0.15, -0.1) is 0 Å². The number of nitrogens with zero attached hydrogens (tertiary/aromatic N) is 6. The molecule has 0 radical (unpaired) electrons. The molecule has 2 aliphatic rings. The Morgan fingerprint density at radius 1 is 0.939 bits per heavy atom. The smallest absolute Gasteiger partial charge is 0.239 e. The largest absolute Gasteiger partial charge is 0.369 e. The summed E-state index contributed by atoms with van der Waals surface area (Å²) in [5.41, 5.74) is 2.24. The molecule has 2 saturated heterocycles. The summed E-state index contributed by atoms with van der Waals surface area (Å²) in [5, 5.41) is 0. The van der Waals surface area contributed by atoms with E-state index in [4.69, 9.17) is 0 Å². The van der Waals surface area contributed by atoms with Gasteiger partial charge in [-0.3, -0.25) is 9.69 Å². The second kappa shape index (κ2) is 10.5. The third kappa shape index (κ3) is 5.81. The normalized spacial score (nSPS) is 18.6. The molecule has 2 aromatic rings. The van der Waals surface area contributed by atoms with Crippen LogP contribution in [0.2, 0.25) is 0 Å². The van der Waals surface area contributed by atoms with Crippen LogP contribution >= 0.6 is 0 Å². The van der Waals surface area contributed by atoms with Crippen LogP contribution in [-0.4, -0.2) is 98.1 Å². The summed E-state index contributed by atoms with van der Waals surface area (Å²) < 4.78 is 13.2. The predicted octanol–water partition coefficient (Wildman–Crippen LogP) is 2.14. The van der Waals surface area contributed by atoms with Gasteiger partial charge in [0.25, 0.3) is 0 Å². The summed E-state index contributed by atoms with van der Waals surface area (Å²) in [6.45, 7) is 9.28. The van der Waals surface area contributed by atoms with E-state index < -0.39 is 0 Å². The maximum Gasteiger partial charge on any atom is 0.239 e. The van der Waals surface area contributed by atoms with Crippen molar-refractivity contribution < 1.29 is 9.18 Å². The van der Waals surface area contributed by atoms with E-state index in [2.05, 4.69) is 50.8 Å². The highest BCUT2D eigenvalue weighted by Crippen LogP contribution is 2.19. The molecule has 1 atom stereocenters. The van der Waals surface area contributed by atoms with E-state index in [1.165, 1.54) is 17.7 Å². The van der Waals surface area contributed by atoms with Crippen LogP contribution in [0.3, 0.4) is 0 Å². The Morgan fingerprint density at radius 2 is 1.58 bits per heavy atom. The summed E-state index contributed by atoms with van der Waals surface area (Å²) in [6, 6.07) is 10.7. The lowest BCUT2D eigenvalue weighted by molar-refractivity contribution is -0.136. The molecular formula is C25H35FN6O. The molecule has 0 bridgehead atoms. The Hall–Kier alpha value is -2.71. The van der Waals surface area contributed by atoms with Crippen LogP contribution in [0.1, 0.15) is 12.5 Å². The maximum absolute atomic E-state index is 13.2. The van der Waals surface area contributed by atoms with Crippen molar-refractivity contribution in [3.05, 3.63) is 54.0 Å². The first kappa shape index (κ1) is 23.4. The first-order valence-electron chi connectivity index (χ1n) is 11.8. The van der Waals surface area contributed by atoms with Crippen molar-refractivity contribution in [1.29, 1.82) is 0 Å². The standard InChI is InChI=1S/C25H35FN6O/c1-20(29-10-12-30(13-11-29)23-7-5-22(26)6-8-23)25(33)32-16-14-31(15-17-32)24-9-4-21(18-27-24)19-28(2)3/h4-9,18,20H,10-17,19H2,1-3H3. The zero-order valence-corrected chi connectivity index (χ0v) is 20.0. The number of hydrogen-bond acceptors (Lipinski definition) is 6. The summed E-state index contributed by atoms with van der Waals surface area (Å²) in [4.78, 5) is 28.7. The number of aromatic nitrogens is 1. The molecule has 178 valence electrons. The number of halogens is 1. The van der Waals surface area contributed by atoms with Crippen molar-refractivity contribution in [3.8, 4) is 0 Å². The zero-order valence-electron chi connectivity index (χ0n) is 20.0. The second-order valence-electron chi connectivity index (χ2n) is 9.25. The van der Waals surface area contributed by atoms with Crippen LogP contribution in [0.25, 0.3) is 0 Å². The number of carbonyl (C=O) groups is 1. The Labute approximate surface area is 196 Å². The highest BCUT2D eigenvalue weighted by molar-refractivity contribution is 5.81. The number of anilines is 2. The van der Waals surface area contributed by atoms with Gasteiger partial charge in [0.15, 0.2) is 0 Å². The summed E-state index contributed by atoms with van der Waals surface area (Å²) in [5.74, 6) is 0.975. The van der Waals surface area contributed by atoms with Gasteiger partial charge in [0.1, 0.15) is 11.6 Å². The number of piperazine rings is 2. The van der Waals surface area contributed by atoms with Crippen molar-refractivity contribution in [1.82, 2.24) is 19.7 Å². The van der Waals surface area contributed by atoms with Gasteiger partial charge in [-0.1, -0.05) is 6.07 Å². The molecule has 2 aliphatic heterocycles.